The Morgan fingerprint density at radius 3 is 2.90 bits per heavy atom. The van der Waals surface area contributed by atoms with Gasteiger partial charge in [0.05, 0.1) is 0 Å². The van der Waals surface area contributed by atoms with Gasteiger partial charge >= 0.3 is 0 Å². The van der Waals surface area contributed by atoms with Crippen LogP contribution in [0.1, 0.15) is 31.7 Å². The molecule has 1 saturated carbocycles. The summed E-state index contributed by atoms with van der Waals surface area (Å²) in [6, 6.07) is 8.58. The van der Waals surface area contributed by atoms with Crippen LogP contribution in [0.3, 0.4) is 0 Å². The molecule has 3 nitrogen and oxygen atoms in total. The van der Waals surface area contributed by atoms with Crippen molar-refractivity contribution in [1.29, 1.82) is 0 Å². The number of likely N-dealkylation sites (N-methyl/N-ethyl adjacent to an activating group) is 1. The average Bonchev–Trinajstić information content (AvgIpc) is 3.16. The number of benzene rings is 1. The molecule has 5 heteroatoms. The molecule has 1 fully saturated rings. The number of nitrogens with one attached hydrogen (secondary N) is 2. The Labute approximate surface area is 135 Å². The van der Waals surface area contributed by atoms with Gasteiger partial charge in [-0.3, -0.25) is 4.79 Å². The number of halogens is 2. The Bertz CT molecular complexity index is 455. The first kappa shape index (κ1) is 17.5. The third-order valence-electron chi connectivity index (χ3n) is 3.54. The first-order valence-electron chi connectivity index (χ1n) is 6.88. The van der Waals surface area contributed by atoms with Crippen molar-refractivity contribution in [3.63, 3.8) is 0 Å². The van der Waals surface area contributed by atoms with Crippen LogP contribution in [0.4, 0.5) is 0 Å². The standard InChI is InChI=1S/C15H21BrN2O.ClH/c1-3-17-10(2)9-18-15(19)14-8-13(14)11-5-4-6-12(16)7-11;/h4-7,10,13-14,17H,3,8-9H2,1-2H3,(H,18,19);1H/t10-,13?,14?;/m1./s1. The first-order chi connectivity index (χ1) is 9.11. The third kappa shape index (κ3) is 4.76. The van der Waals surface area contributed by atoms with Crippen molar-refractivity contribution >= 4 is 34.2 Å². The molecule has 0 bridgehead atoms. The SMILES string of the molecule is CCN[C@H](C)CNC(=O)C1CC1c1cccc(Br)c1.Cl. The normalized spacial score (nSPS) is 21.8. The van der Waals surface area contributed by atoms with E-state index >= 15 is 0 Å². The quantitative estimate of drug-likeness (QED) is 0.817. The van der Waals surface area contributed by atoms with E-state index in [-0.39, 0.29) is 24.2 Å². The Morgan fingerprint density at radius 1 is 1.50 bits per heavy atom. The van der Waals surface area contributed by atoms with Gasteiger partial charge in [0.25, 0.3) is 0 Å². The molecule has 0 aliphatic heterocycles. The molecule has 1 aliphatic rings. The topological polar surface area (TPSA) is 41.1 Å². The van der Waals surface area contributed by atoms with Gasteiger partial charge in [-0.1, -0.05) is 35.0 Å². The molecule has 1 aromatic carbocycles. The first-order valence-corrected chi connectivity index (χ1v) is 7.67. The highest BCUT2D eigenvalue weighted by Crippen LogP contribution is 2.47. The molecule has 2 rings (SSSR count). The average molecular weight is 362 g/mol. The van der Waals surface area contributed by atoms with Gasteiger partial charge in [0.15, 0.2) is 0 Å². The molecule has 0 aromatic heterocycles. The molecular formula is C15H22BrClN2O. The van der Waals surface area contributed by atoms with Crippen LogP contribution < -0.4 is 10.6 Å². The zero-order chi connectivity index (χ0) is 13.8. The summed E-state index contributed by atoms with van der Waals surface area (Å²) < 4.78 is 1.08. The molecule has 1 aliphatic carbocycles. The molecule has 1 amide bonds. The Morgan fingerprint density at radius 2 is 2.25 bits per heavy atom. The van der Waals surface area contributed by atoms with Crippen molar-refractivity contribution < 1.29 is 4.79 Å². The molecule has 2 unspecified atom stereocenters. The van der Waals surface area contributed by atoms with Crippen molar-refractivity contribution in [1.82, 2.24) is 10.6 Å². The number of hydrogen-bond acceptors (Lipinski definition) is 2. The maximum absolute atomic E-state index is 12.0. The van der Waals surface area contributed by atoms with Crippen LogP contribution in [0.2, 0.25) is 0 Å². The summed E-state index contributed by atoms with van der Waals surface area (Å²) in [5.74, 6) is 0.741. The fourth-order valence-corrected chi connectivity index (χ4v) is 2.81. The number of rotatable bonds is 6. The lowest BCUT2D eigenvalue weighted by Gasteiger charge is -2.13. The highest BCUT2D eigenvalue weighted by atomic mass is 79.9. The van der Waals surface area contributed by atoms with Gasteiger partial charge in [-0.25, -0.2) is 0 Å². The van der Waals surface area contributed by atoms with E-state index in [0.717, 1.165) is 17.4 Å². The minimum absolute atomic E-state index is 0. The molecule has 0 spiro atoms. The van der Waals surface area contributed by atoms with Gasteiger partial charge in [-0.05, 0) is 43.5 Å². The summed E-state index contributed by atoms with van der Waals surface area (Å²) in [6.45, 7) is 5.79. The third-order valence-corrected chi connectivity index (χ3v) is 4.03. The van der Waals surface area contributed by atoms with E-state index < -0.39 is 0 Å². The summed E-state index contributed by atoms with van der Waals surface area (Å²) >= 11 is 3.47. The predicted octanol–water partition coefficient (Wildman–Crippen LogP) is 3.09. The van der Waals surface area contributed by atoms with E-state index in [9.17, 15) is 4.79 Å². The fraction of sp³-hybridized carbons (Fsp3) is 0.533. The summed E-state index contributed by atoms with van der Waals surface area (Å²) in [5, 5.41) is 6.32. The molecule has 0 radical (unpaired) electrons. The molecule has 112 valence electrons. The highest BCUT2D eigenvalue weighted by molar-refractivity contribution is 9.10. The predicted molar refractivity (Wildman–Crippen MR) is 88.4 cm³/mol. The van der Waals surface area contributed by atoms with Crippen LogP contribution in [-0.2, 0) is 4.79 Å². The summed E-state index contributed by atoms with van der Waals surface area (Å²) in [4.78, 5) is 12.0. The van der Waals surface area contributed by atoms with E-state index in [0.29, 0.717) is 18.5 Å². The molecule has 2 N–H and O–H groups in total. The van der Waals surface area contributed by atoms with Gasteiger partial charge in [-0.15, -0.1) is 12.4 Å². The molecule has 3 atom stereocenters. The molecule has 0 heterocycles. The lowest BCUT2D eigenvalue weighted by Crippen LogP contribution is -2.39. The lowest BCUT2D eigenvalue weighted by molar-refractivity contribution is -0.122. The highest BCUT2D eigenvalue weighted by Gasteiger charge is 2.43. The second-order valence-corrected chi connectivity index (χ2v) is 6.12. The fourth-order valence-electron chi connectivity index (χ4n) is 2.40. The van der Waals surface area contributed by atoms with Gasteiger partial charge in [0.1, 0.15) is 0 Å². The van der Waals surface area contributed by atoms with Gasteiger partial charge < -0.3 is 10.6 Å². The van der Waals surface area contributed by atoms with Crippen molar-refractivity contribution in [3.05, 3.63) is 34.3 Å². The van der Waals surface area contributed by atoms with E-state index in [2.05, 4.69) is 52.5 Å². The number of hydrogen-bond donors (Lipinski definition) is 2. The van der Waals surface area contributed by atoms with E-state index in [1.54, 1.807) is 0 Å². The maximum atomic E-state index is 12.0. The minimum Gasteiger partial charge on any atom is -0.354 e. The van der Waals surface area contributed by atoms with Crippen LogP contribution >= 0.6 is 28.3 Å². The lowest BCUT2D eigenvalue weighted by atomic mass is 10.1. The number of amides is 1. The molecule has 1 aromatic rings. The smallest absolute Gasteiger partial charge is 0.223 e. The van der Waals surface area contributed by atoms with Gasteiger partial charge in [0.2, 0.25) is 5.91 Å². The van der Waals surface area contributed by atoms with Crippen LogP contribution in [-0.4, -0.2) is 25.0 Å². The summed E-state index contributed by atoms with van der Waals surface area (Å²) in [6.07, 6.45) is 0.970. The van der Waals surface area contributed by atoms with Crippen molar-refractivity contribution in [3.8, 4) is 0 Å². The monoisotopic (exact) mass is 360 g/mol. The van der Waals surface area contributed by atoms with Crippen molar-refractivity contribution in [2.24, 2.45) is 5.92 Å². The Hall–Kier alpha value is -0.580. The van der Waals surface area contributed by atoms with E-state index in [1.807, 2.05) is 12.1 Å². The Kier molecular flexibility index (Phi) is 7.00. The van der Waals surface area contributed by atoms with Crippen LogP contribution in [0.5, 0.6) is 0 Å². The van der Waals surface area contributed by atoms with E-state index in [4.69, 9.17) is 0 Å². The molecule has 0 saturated heterocycles. The van der Waals surface area contributed by atoms with E-state index in [1.165, 1.54) is 5.56 Å². The molecule has 20 heavy (non-hydrogen) atoms. The zero-order valence-electron chi connectivity index (χ0n) is 11.9. The van der Waals surface area contributed by atoms with Crippen LogP contribution in [0.15, 0.2) is 28.7 Å². The molecular weight excluding hydrogens is 340 g/mol. The largest absolute Gasteiger partial charge is 0.354 e. The number of carbonyl (C=O) groups is 1. The maximum Gasteiger partial charge on any atom is 0.223 e. The van der Waals surface area contributed by atoms with Crippen molar-refractivity contribution in [2.75, 3.05) is 13.1 Å². The van der Waals surface area contributed by atoms with Crippen LogP contribution in [0.25, 0.3) is 0 Å². The number of carbonyl (C=O) groups excluding carboxylic acids is 1. The second kappa shape index (κ2) is 8.01. The van der Waals surface area contributed by atoms with Gasteiger partial charge in [0, 0.05) is 23.0 Å². The van der Waals surface area contributed by atoms with Crippen LogP contribution in [0, 0.1) is 5.92 Å². The summed E-state index contributed by atoms with van der Waals surface area (Å²) in [7, 11) is 0. The zero-order valence-corrected chi connectivity index (χ0v) is 14.3. The second-order valence-electron chi connectivity index (χ2n) is 5.21. The van der Waals surface area contributed by atoms with Crippen molar-refractivity contribution in [2.45, 2.75) is 32.2 Å². The van der Waals surface area contributed by atoms with Gasteiger partial charge in [-0.2, -0.15) is 0 Å². The Balaban J connectivity index is 0.00000200. The summed E-state index contributed by atoms with van der Waals surface area (Å²) in [5.41, 5.74) is 1.26. The minimum atomic E-state index is 0.